The van der Waals surface area contributed by atoms with Crippen LogP contribution in [0.2, 0.25) is 0 Å². The van der Waals surface area contributed by atoms with Crippen LogP contribution in [0.4, 0.5) is 0 Å². The summed E-state index contributed by atoms with van der Waals surface area (Å²) in [6, 6.07) is 10.9. The number of hydrogen-bond acceptors (Lipinski definition) is 4. The van der Waals surface area contributed by atoms with Crippen LogP contribution in [0.1, 0.15) is 44.1 Å². The molecule has 0 spiro atoms. The number of likely N-dealkylation sites (tertiary alicyclic amines) is 1. The lowest BCUT2D eigenvalue weighted by atomic mass is 10.0. The first kappa shape index (κ1) is 15.2. The fourth-order valence-corrected chi connectivity index (χ4v) is 3.37. The van der Waals surface area contributed by atoms with Crippen molar-refractivity contribution in [1.29, 1.82) is 0 Å². The third-order valence-corrected chi connectivity index (χ3v) is 4.44. The van der Waals surface area contributed by atoms with Crippen LogP contribution in [0.15, 0.2) is 30.3 Å². The molecule has 1 saturated heterocycles. The van der Waals surface area contributed by atoms with Gasteiger partial charge in [-0.25, -0.2) is 4.68 Å². The molecule has 5 heteroatoms. The van der Waals surface area contributed by atoms with Crippen LogP contribution in [0.5, 0.6) is 0 Å². The van der Waals surface area contributed by atoms with Gasteiger partial charge in [-0.05, 0) is 54.3 Å². The van der Waals surface area contributed by atoms with Gasteiger partial charge in [-0.1, -0.05) is 44.2 Å². The summed E-state index contributed by atoms with van der Waals surface area (Å²) in [5, 5.41) is 12.5. The van der Waals surface area contributed by atoms with E-state index in [0.717, 1.165) is 31.9 Å². The molecule has 1 aliphatic heterocycles. The lowest BCUT2D eigenvalue weighted by molar-refractivity contribution is 0.177. The smallest absolute Gasteiger partial charge is 0.168 e. The number of nitrogens with zero attached hydrogens (tertiary/aromatic N) is 5. The fourth-order valence-electron chi connectivity index (χ4n) is 3.37. The SMILES string of the molecule is CC(C)[C@H](c1nnnn1CCc1ccccc1)N1CCCC1. The highest BCUT2D eigenvalue weighted by atomic mass is 15.5. The highest BCUT2D eigenvalue weighted by Crippen LogP contribution is 2.29. The number of tetrazole rings is 1. The average Bonchev–Trinajstić information content (AvgIpc) is 3.19. The van der Waals surface area contributed by atoms with E-state index in [4.69, 9.17) is 0 Å². The summed E-state index contributed by atoms with van der Waals surface area (Å²) in [6.45, 7) is 7.69. The second-order valence-corrected chi connectivity index (χ2v) is 6.43. The average molecular weight is 299 g/mol. The van der Waals surface area contributed by atoms with E-state index < -0.39 is 0 Å². The predicted octanol–water partition coefficient (Wildman–Crippen LogP) is 2.71. The Bertz CT molecular complexity index is 572. The Morgan fingerprint density at radius 3 is 2.50 bits per heavy atom. The molecular formula is C17H25N5. The number of aryl methyl sites for hydroxylation is 2. The van der Waals surface area contributed by atoms with Crippen molar-refractivity contribution in [3.63, 3.8) is 0 Å². The van der Waals surface area contributed by atoms with Gasteiger partial charge in [0.1, 0.15) is 0 Å². The van der Waals surface area contributed by atoms with Crippen molar-refractivity contribution < 1.29 is 0 Å². The minimum Gasteiger partial charge on any atom is -0.293 e. The van der Waals surface area contributed by atoms with Crippen molar-refractivity contribution in [2.24, 2.45) is 5.92 Å². The molecule has 22 heavy (non-hydrogen) atoms. The summed E-state index contributed by atoms with van der Waals surface area (Å²) in [5.41, 5.74) is 1.33. The molecule has 1 aromatic heterocycles. The van der Waals surface area contributed by atoms with Crippen LogP contribution in [0, 0.1) is 5.92 Å². The van der Waals surface area contributed by atoms with Crippen LogP contribution in [-0.2, 0) is 13.0 Å². The Labute approximate surface area is 132 Å². The molecule has 1 aromatic carbocycles. The van der Waals surface area contributed by atoms with Gasteiger partial charge < -0.3 is 0 Å². The molecule has 1 aliphatic rings. The summed E-state index contributed by atoms with van der Waals surface area (Å²) in [6.07, 6.45) is 3.54. The van der Waals surface area contributed by atoms with Crippen molar-refractivity contribution >= 4 is 0 Å². The summed E-state index contributed by atoms with van der Waals surface area (Å²) < 4.78 is 2.00. The van der Waals surface area contributed by atoms with Crippen molar-refractivity contribution in [3.05, 3.63) is 41.7 Å². The lowest BCUT2D eigenvalue weighted by Gasteiger charge is -2.29. The van der Waals surface area contributed by atoms with E-state index in [1.165, 1.54) is 18.4 Å². The maximum absolute atomic E-state index is 4.35. The van der Waals surface area contributed by atoms with Gasteiger partial charge in [0.05, 0.1) is 6.04 Å². The van der Waals surface area contributed by atoms with Crippen LogP contribution in [0.3, 0.4) is 0 Å². The van der Waals surface area contributed by atoms with Gasteiger partial charge in [0.2, 0.25) is 0 Å². The van der Waals surface area contributed by atoms with Gasteiger partial charge in [-0.2, -0.15) is 0 Å². The lowest BCUT2D eigenvalue weighted by Crippen LogP contribution is -2.32. The largest absolute Gasteiger partial charge is 0.293 e. The number of aromatic nitrogens is 4. The van der Waals surface area contributed by atoms with Crippen LogP contribution in [-0.4, -0.2) is 38.2 Å². The molecule has 0 unspecified atom stereocenters. The number of rotatable bonds is 6. The van der Waals surface area contributed by atoms with Gasteiger partial charge in [-0.3, -0.25) is 4.90 Å². The molecular weight excluding hydrogens is 274 g/mol. The third kappa shape index (κ3) is 3.35. The first-order valence-corrected chi connectivity index (χ1v) is 8.30. The Kier molecular flexibility index (Phi) is 4.83. The quantitative estimate of drug-likeness (QED) is 0.823. The molecule has 0 bridgehead atoms. The molecule has 118 valence electrons. The minimum absolute atomic E-state index is 0.327. The molecule has 2 heterocycles. The first-order chi connectivity index (χ1) is 10.8. The second kappa shape index (κ2) is 7.01. The Balaban J connectivity index is 1.75. The number of benzene rings is 1. The van der Waals surface area contributed by atoms with Gasteiger partial charge in [0.15, 0.2) is 5.82 Å². The van der Waals surface area contributed by atoms with Crippen molar-refractivity contribution in [1.82, 2.24) is 25.1 Å². The third-order valence-electron chi connectivity index (χ3n) is 4.44. The van der Waals surface area contributed by atoms with Crippen molar-refractivity contribution in [3.8, 4) is 0 Å². The van der Waals surface area contributed by atoms with E-state index in [2.05, 4.69) is 58.5 Å². The van der Waals surface area contributed by atoms with Gasteiger partial charge in [0.25, 0.3) is 0 Å². The summed E-state index contributed by atoms with van der Waals surface area (Å²) in [5.74, 6) is 1.53. The van der Waals surface area contributed by atoms with E-state index >= 15 is 0 Å². The maximum atomic E-state index is 4.35. The molecule has 0 aliphatic carbocycles. The number of hydrogen-bond donors (Lipinski definition) is 0. The van der Waals surface area contributed by atoms with E-state index in [0.29, 0.717) is 12.0 Å². The highest BCUT2D eigenvalue weighted by Gasteiger charge is 2.30. The minimum atomic E-state index is 0.327. The van der Waals surface area contributed by atoms with Gasteiger partial charge in [0, 0.05) is 6.54 Å². The van der Waals surface area contributed by atoms with E-state index in [9.17, 15) is 0 Å². The Hall–Kier alpha value is -1.75. The summed E-state index contributed by atoms with van der Waals surface area (Å²) in [4.78, 5) is 2.54. The van der Waals surface area contributed by atoms with E-state index in [1.54, 1.807) is 0 Å². The van der Waals surface area contributed by atoms with Crippen molar-refractivity contribution in [2.75, 3.05) is 13.1 Å². The standard InChI is InChI=1S/C17H25N5/c1-14(2)16(21-11-6-7-12-21)17-18-19-20-22(17)13-10-15-8-4-3-5-9-15/h3-5,8-9,14,16H,6-7,10-13H2,1-2H3/t16-/m1/s1. The fraction of sp³-hybridized carbons (Fsp3) is 0.588. The first-order valence-electron chi connectivity index (χ1n) is 8.30. The van der Waals surface area contributed by atoms with Gasteiger partial charge >= 0.3 is 0 Å². The van der Waals surface area contributed by atoms with Gasteiger partial charge in [-0.15, -0.1) is 5.10 Å². The zero-order valence-electron chi connectivity index (χ0n) is 13.5. The highest BCUT2D eigenvalue weighted by molar-refractivity contribution is 5.14. The summed E-state index contributed by atoms with van der Waals surface area (Å²) >= 11 is 0. The molecule has 1 atom stereocenters. The normalized spacial score (nSPS) is 17.2. The molecule has 0 radical (unpaired) electrons. The molecule has 5 nitrogen and oxygen atoms in total. The molecule has 0 saturated carbocycles. The zero-order chi connectivity index (χ0) is 15.4. The second-order valence-electron chi connectivity index (χ2n) is 6.43. The molecule has 0 amide bonds. The molecule has 0 N–H and O–H groups in total. The van der Waals surface area contributed by atoms with E-state index in [-0.39, 0.29) is 0 Å². The zero-order valence-corrected chi connectivity index (χ0v) is 13.5. The summed E-state index contributed by atoms with van der Waals surface area (Å²) in [7, 11) is 0. The predicted molar refractivity (Wildman–Crippen MR) is 86.3 cm³/mol. The van der Waals surface area contributed by atoms with Crippen LogP contribution in [0.25, 0.3) is 0 Å². The monoisotopic (exact) mass is 299 g/mol. The maximum Gasteiger partial charge on any atom is 0.168 e. The molecule has 3 rings (SSSR count). The molecule has 2 aromatic rings. The topological polar surface area (TPSA) is 46.8 Å². The van der Waals surface area contributed by atoms with Crippen molar-refractivity contribution in [2.45, 2.75) is 45.7 Å². The Morgan fingerprint density at radius 1 is 1.09 bits per heavy atom. The van der Waals surface area contributed by atoms with Crippen LogP contribution < -0.4 is 0 Å². The molecule has 1 fully saturated rings. The Morgan fingerprint density at radius 2 is 1.82 bits per heavy atom. The van der Waals surface area contributed by atoms with Crippen LogP contribution >= 0.6 is 0 Å². The van der Waals surface area contributed by atoms with E-state index in [1.807, 2.05) is 10.7 Å².